The number of benzene rings is 2. The topological polar surface area (TPSA) is 63.9 Å². The summed E-state index contributed by atoms with van der Waals surface area (Å²) in [7, 11) is 0. The van der Waals surface area contributed by atoms with E-state index in [0.717, 1.165) is 6.07 Å². The molecular weight excluding hydrogens is 473 g/mol. The summed E-state index contributed by atoms with van der Waals surface area (Å²) >= 11 is 0. The standard InChI is InChI=1S/C27H27F3N2O4/c1-17(2)35-21-8-7-18(15-19(21)16-33)25(34)31-13-11-26(12-14-31)23-9-10-24(27(28,29)30)32(23)20-5-3-4-6-22(20)36-26/h3-10,15,17,33H,11-14,16H2,1-2H3. The maximum absolute atomic E-state index is 13.8. The van der Waals surface area contributed by atoms with Crippen LogP contribution in [0.15, 0.2) is 54.6 Å². The van der Waals surface area contributed by atoms with Crippen molar-refractivity contribution in [2.75, 3.05) is 13.1 Å². The summed E-state index contributed by atoms with van der Waals surface area (Å²) in [6.07, 6.45) is -3.91. The third kappa shape index (κ3) is 4.11. The molecule has 1 aromatic heterocycles. The van der Waals surface area contributed by atoms with E-state index in [-0.39, 0.29) is 18.6 Å². The molecule has 3 aromatic rings. The number of carbonyl (C=O) groups is 1. The van der Waals surface area contributed by atoms with Gasteiger partial charge in [-0.3, -0.25) is 4.79 Å². The van der Waals surface area contributed by atoms with Crippen LogP contribution in [0.5, 0.6) is 11.5 Å². The molecule has 1 saturated heterocycles. The van der Waals surface area contributed by atoms with Gasteiger partial charge in [0.1, 0.15) is 17.2 Å². The molecule has 0 unspecified atom stereocenters. The Bertz CT molecular complexity index is 1290. The van der Waals surface area contributed by atoms with Crippen molar-refractivity contribution in [2.24, 2.45) is 0 Å². The van der Waals surface area contributed by atoms with Gasteiger partial charge < -0.3 is 24.0 Å². The van der Waals surface area contributed by atoms with E-state index in [0.29, 0.717) is 59.9 Å². The fourth-order valence-electron chi connectivity index (χ4n) is 5.08. The minimum absolute atomic E-state index is 0.0763. The van der Waals surface area contributed by atoms with Gasteiger partial charge >= 0.3 is 6.18 Å². The second-order valence-electron chi connectivity index (χ2n) is 9.44. The number of hydrogen-bond acceptors (Lipinski definition) is 4. The van der Waals surface area contributed by atoms with E-state index in [2.05, 4.69) is 0 Å². The van der Waals surface area contributed by atoms with Crippen molar-refractivity contribution < 1.29 is 32.5 Å². The first-order valence-electron chi connectivity index (χ1n) is 11.9. The SMILES string of the molecule is CC(C)Oc1ccc(C(=O)N2CCC3(CC2)Oc2ccccc2-n2c(C(F)(F)F)ccc23)cc1CO. The number of aliphatic hydroxyl groups excluding tert-OH is 1. The summed E-state index contributed by atoms with van der Waals surface area (Å²) in [6.45, 7) is 4.11. The second-order valence-corrected chi connectivity index (χ2v) is 9.44. The van der Waals surface area contributed by atoms with Gasteiger partial charge in [-0.25, -0.2) is 0 Å². The predicted molar refractivity (Wildman–Crippen MR) is 126 cm³/mol. The first-order chi connectivity index (χ1) is 17.1. The van der Waals surface area contributed by atoms with Gasteiger partial charge in [-0.15, -0.1) is 0 Å². The summed E-state index contributed by atoms with van der Waals surface area (Å²) in [5.74, 6) is 0.704. The number of aliphatic hydroxyl groups is 1. The zero-order valence-electron chi connectivity index (χ0n) is 20.0. The van der Waals surface area contributed by atoms with Crippen LogP contribution in [0.25, 0.3) is 5.69 Å². The number of rotatable bonds is 4. The molecule has 9 heteroatoms. The fourth-order valence-corrected chi connectivity index (χ4v) is 5.08. The lowest BCUT2D eigenvalue weighted by Gasteiger charge is -2.45. The van der Waals surface area contributed by atoms with E-state index in [1.165, 1.54) is 10.6 Å². The van der Waals surface area contributed by atoms with Crippen LogP contribution in [0.2, 0.25) is 0 Å². The lowest BCUT2D eigenvalue weighted by Crippen LogP contribution is -2.50. The molecule has 0 radical (unpaired) electrons. The number of halogens is 3. The van der Waals surface area contributed by atoms with Gasteiger partial charge in [0.15, 0.2) is 5.60 Å². The Morgan fingerprint density at radius 1 is 1.11 bits per heavy atom. The normalized spacial score (nSPS) is 16.5. The van der Waals surface area contributed by atoms with E-state index < -0.39 is 17.5 Å². The second kappa shape index (κ2) is 8.89. The average molecular weight is 501 g/mol. The highest BCUT2D eigenvalue weighted by Crippen LogP contribution is 2.48. The van der Waals surface area contributed by atoms with Gasteiger partial charge in [0.25, 0.3) is 5.91 Å². The molecule has 1 N–H and O–H groups in total. The van der Waals surface area contributed by atoms with E-state index in [1.54, 1.807) is 47.4 Å². The summed E-state index contributed by atoms with van der Waals surface area (Å²) < 4.78 is 54.8. The van der Waals surface area contributed by atoms with Crippen LogP contribution in [0.1, 0.15) is 54.0 Å². The number of aromatic nitrogens is 1. The molecule has 6 nitrogen and oxygen atoms in total. The van der Waals surface area contributed by atoms with E-state index >= 15 is 0 Å². The number of ether oxygens (including phenoxy) is 2. The van der Waals surface area contributed by atoms with Crippen molar-refractivity contribution in [3.8, 4) is 17.2 Å². The minimum Gasteiger partial charge on any atom is -0.491 e. The highest BCUT2D eigenvalue weighted by Gasteiger charge is 2.48. The maximum atomic E-state index is 13.8. The highest BCUT2D eigenvalue weighted by atomic mass is 19.4. The number of carbonyl (C=O) groups excluding carboxylic acids is 1. The summed E-state index contributed by atoms with van der Waals surface area (Å²) in [6, 6.07) is 14.3. The largest absolute Gasteiger partial charge is 0.491 e. The van der Waals surface area contributed by atoms with Crippen LogP contribution in [0, 0.1) is 0 Å². The lowest BCUT2D eigenvalue weighted by atomic mass is 9.86. The van der Waals surface area contributed by atoms with Crippen LogP contribution in [-0.4, -0.2) is 39.7 Å². The molecule has 190 valence electrons. The monoisotopic (exact) mass is 500 g/mol. The number of hydrogen-bond donors (Lipinski definition) is 1. The molecule has 0 saturated carbocycles. The first kappa shape index (κ1) is 24.2. The smallest absolute Gasteiger partial charge is 0.431 e. The molecule has 0 aliphatic carbocycles. The average Bonchev–Trinajstić information content (AvgIpc) is 3.32. The molecule has 1 amide bonds. The van der Waals surface area contributed by atoms with Gasteiger partial charge in [-0.05, 0) is 56.3 Å². The summed E-state index contributed by atoms with van der Waals surface area (Å²) in [4.78, 5) is 14.9. The Hall–Kier alpha value is -3.46. The Morgan fingerprint density at radius 3 is 2.50 bits per heavy atom. The third-order valence-electron chi connectivity index (χ3n) is 6.75. The first-order valence-corrected chi connectivity index (χ1v) is 11.9. The van der Waals surface area contributed by atoms with Crippen LogP contribution in [0.4, 0.5) is 13.2 Å². The number of likely N-dealkylation sites (tertiary alicyclic amines) is 1. The van der Waals surface area contributed by atoms with Crippen molar-refractivity contribution in [1.82, 2.24) is 9.47 Å². The molecule has 3 heterocycles. The van der Waals surface area contributed by atoms with Crippen LogP contribution >= 0.6 is 0 Å². The number of para-hydroxylation sites is 2. The molecular formula is C27H27F3N2O4. The molecule has 0 atom stereocenters. The Kier molecular flexibility index (Phi) is 5.98. The van der Waals surface area contributed by atoms with E-state index in [9.17, 15) is 23.1 Å². The maximum Gasteiger partial charge on any atom is 0.431 e. The molecule has 2 aliphatic rings. The molecule has 2 aromatic carbocycles. The van der Waals surface area contributed by atoms with Crippen LogP contribution in [0.3, 0.4) is 0 Å². The van der Waals surface area contributed by atoms with Gasteiger partial charge in [0.05, 0.1) is 24.1 Å². The number of fused-ring (bicyclic) bond motifs is 4. The molecule has 1 fully saturated rings. The molecule has 1 spiro atoms. The third-order valence-corrected chi connectivity index (χ3v) is 6.75. The van der Waals surface area contributed by atoms with Gasteiger partial charge in [-0.2, -0.15) is 13.2 Å². The lowest BCUT2D eigenvalue weighted by molar-refractivity contribution is -0.143. The van der Waals surface area contributed by atoms with Gasteiger partial charge in [0, 0.05) is 37.1 Å². The van der Waals surface area contributed by atoms with Crippen molar-refractivity contribution in [3.63, 3.8) is 0 Å². The zero-order chi connectivity index (χ0) is 25.7. The number of alkyl halides is 3. The molecule has 0 bridgehead atoms. The highest BCUT2D eigenvalue weighted by molar-refractivity contribution is 5.94. The van der Waals surface area contributed by atoms with Crippen LogP contribution in [-0.2, 0) is 18.4 Å². The Labute approximate surface area is 206 Å². The summed E-state index contributed by atoms with van der Waals surface area (Å²) in [5.41, 5.74) is 0.0234. The minimum atomic E-state index is -4.52. The molecule has 36 heavy (non-hydrogen) atoms. The zero-order valence-corrected chi connectivity index (χ0v) is 20.0. The van der Waals surface area contributed by atoms with Crippen molar-refractivity contribution >= 4 is 5.91 Å². The van der Waals surface area contributed by atoms with E-state index in [1.807, 2.05) is 13.8 Å². The number of nitrogens with zero attached hydrogens (tertiary/aromatic N) is 2. The Morgan fingerprint density at radius 2 is 1.83 bits per heavy atom. The van der Waals surface area contributed by atoms with Crippen molar-refractivity contribution in [3.05, 3.63) is 77.1 Å². The molecule has 2 aliphatic heterocycles. The van der Waals surface area contributed by atoms with Gasteiger partial charge in [-0.1, -0.05) is 12.1 Å². The van der Waals surface area contributed by atoms with Crippen molar-refractivity contribution in [1.29, 1.82) is 0 Å². The van der Waals surface area contributed by atoms with Crippen LogP contribution < -0.4 is 9.47 Å². The quantitative estimate of drug-likeness (QED) is 0.528. The molecule has 5 rings (SSSR count). The predicted octanol–water partition coefficient (Wildman–Crippen LogP) is 5.30. The Balaban J connectivity index is 1.41. The van der Waals surface area contributed by atoms with E-state index in [4.69, 9.17) is 9.47 Å². The summed E-state index contributed by atoms with van der Waals surface area (Å²) in [5, 5.41) is 9.74. The van der Waals surface area contributed by atoms with Crippen molar-refractivity contribution in [2.45, 2.75) is 51.2 Å². The van der Waals surface area contributed by atoms with Gasteiger partial charge in [0.2, 0.25) is 0 Å². The number of piperidine rings is 1. The number of amides is 1. The fraction of sp³-hybridized carbons (Fsp3) is 0.370.